The molecule has 1 rings (SSSR count). The Bertz CT molecular complexity index is 295. The van der Waals surface area contributed by atoms with Gasteiger partial charge in [0.1, 0.15) is 0 Å². The number of nitrogens with one attached hydrogen (secondary N) is 1. The molecule has 0 aromatic heterocycles. The number of sulfonamides is 1. The minimum absolute atomic E-state index is 0.0113. The van der Waals surface area contributed by atoms with Gasteiger partial charge in [-0.05, 0) is 33.9 Å². The van der Waals surface area contributed by atoms with E-state index in [2.05, 4.69) is 5.32 Å². The van der Waals surface area contributed by atoms with Crippen molar-refractivity contribution < 1.29 is 13.2 Å². The van der Waals surface area contributed by atoms with Crippen molar-refractivity contribution >= 4 is 10.0 Å². The number of morpholine rings is 1. The molecule has 1 aliphatic heterocycles. The van der Waals surface area contributed by atoms with Gasteiger partial charge in [0.15, 0.2) is 0 Å². The van der Waals surface area contributed by atoms with Crippen LogP contribution in [0.4, 0.5) is 0 Å². The summed E-state index contributed by atoms with van der Waals surface area (Å²) in [7, 11) is -1.28. The fourth-order valence-electron chi connectivity index (χ4n) is 1.92. The maximum atomic E-state index is 12.0. The Kier molecular flexibility index (Phi) is 5.17. The topological polar surface area (TPSA) is 58.6 Å². The molecule has 16 heavy (non-hydrogen) atoms. The summed E-state index contributed by atoms with van der Waals surface area (Å²) in [5.41, 5.74) is 0. The maximum Gasteiger partial charge on any atom is 0.214 e. The second-order valence-corrected chi connectivity index (χ2v) is 6.44. The van der Waals surface area contributed by atoms with Gasteiger partial charge in [-0.1, -0.05) is 0 Å². The monoisotopic (exact) mass is 250 g/mol. The number of ether oxygens (including phenoxy) is 1. The summed E-state index contributed by atoms with van der Waals surface area (Å²) in [6.45, 7) is 5.50. The molecule has 0 aliphatic carbocycles. The molecule has 5 nitrogen and oxygen atoms in total. The van der Waals surface area contributed by atoms with Gasteiger partial charge in [-0.25, -0.2) is 8.42 Å². The summed E-state index contributed by atoms with van der Waals surface area (Å²) in [5, 5.41) is 2.95. The number of hydrogen-bond acceptors (Lipinski definition) is 4. The molecule has 1 saturated heterocycles. The largest absolute Gasteiger partial charge is 0.373 e. The van der Waals surface area contributed by atoms with Crippen molar-refractivity contribution in [3.63, 3.8) is 0 Å². The van der Waals surface area contributed by atoms with Crippen LogP contribution in [-0.4, -0.2) is 57.4 Å². The Balaban J connectivity index is 2.53. The molecule has 0 amide bonds. The molecule has 96 valence electrons. The van der Waals surface area contributed by atoms with Crippen LogP contribution in [0.15, 0.2) is 0 Å². The third kappa shape index (κ3) is 4.01. The number of nitrogens with zero attached hydrogens (tertiary/aromatic N) is 1. The van der Waals surface area contributed by atoms with Crippen molar-refractivity contribution in [2.24, 2.45) is 0 Å². The van der Waals surface area contributed by atoms with Gasteiger partial charge in [0, 0.05) is 13.1 Å². The van der Waals surface area contributed by atoms with Crippen LogP contribution in [0.2, 0.25) is 0 Å². The summed E-state index contributed by atoms with van der Waals surface area (Å²) >= 11 is 0. The summed E-state index contributed by atoms with van der Waals surface area (Å²) in [6, 6.07) is 0. The molecule has 0 aromatic rings. The molecule has 1 fully saturated rings. The van der Waals surface area contributed by atoms with Crippen LogP contribution in [0.1, 0.15) is 20.3 Å². The molecule has 1 heterocycles. The second kappa shape index (κ2) is 5.95. The van der Waals surface area contributed by atoms with E-state index in [1.54, 1.807) is 4.31 Å². The Morgan fingerprint density at radius 1 is 1.31 bits per heavy atom. The van der Waals surface area contributed by atoms with Crippen molar-refractivity contribution in [3.8, 4) is 0 Å². The fraction of sp³-hybridized carbons (Fsp3) is 1.00. The molecule has 0 aromatic carbocycles. The SMILES string of the molecule is CNCCCS(=O)(=O)N1C[C@@H](C)O[C@@H](C)C1. The van der Waals surface area contributed by atoms with Crippen molar-refractivity contribution in [3.05, 3.63) is 0 Å². The minimum Gasteiger partial charge on any atom is -0.373 e. The minimum atomic E-state index is -3.11. The highest BCUT2D eigenvalue weighted by molar-refractivity contribution is 7.89. The summed E-state index contributed by atoms with van der Waals surface area (Å²) in [6.07, 6.45) is 0.629. The van der Waals surface area contributed by atoms with Gasteiger partial charge in [0.25, 0.3) is 0 Å². The van der Waals surface area contributed by atoms with Gasteiger partial charge in [0.2, 0.25) is 10.0 Å². The van der Waals surface area contributed by atoms with E-state index >= 15 is 0 Å². The van der Waals surface area contributed by atoms with Crippen LogP contribution >= 0.6 is 0 Å². The number of hydrogen-bond donors (Lipinski definition) is 1. The van der Waals surface area contributed by atoms with Crippen LogP contribution < -0.4 is 5.32 Å². The lowest BCUT2D eigenvalue weighted by molar-refractivity contribution is -0.0440. The normalized spacial score (nSPS) is 28.2. The average molecular weight is 250 g/mol. The lowest BCUT2D eigenvalue weighted by atomic mass is 10.3. The molecule has 0 unspecified atom stereocenters. The maximum absolute atomic E-state index is 12.0. The Morgan fingerprint density at radius 2 is 1.88 bits per heavy atom. The van der Waals surface area contributed by atoms with Crippen LogP contribution in [0, 0.1) is 0 Å². The lowest BCUT2D eigenvalue weighted by Crippen LogP contribution is -2.48. The van der Waals surface area contributed by atoms with Crippen molar-refractivity contribution in [2.75, 3.05) is 32.4 Å². The highest BCUT2D eigenvalue weighted by atomic mass is 32.2. The molecule has 0 bridgehead atoms. The molecule has 0 spiro atoms. The van der Waals surface area contributed by atoms with E-state index < -0.39 is 10.0 Å². The third-order valence-electron chi connectivity index (χ3n) is 2.61. The van der Waals surface area contributed by atoms with Crippen molar-refractivity contribution in [1.82, 2.24) is 9.62 Å². The lowest BCUT2D eigenvalue weighted by Gasteiger charge is -2.34. The van der Waals surface area contributed by atoms with Gasteiger partial charge in [-0.2, -0.15) is 4.31 Å². The third-order valence-corrected chi connectivity index (χ3v) is 4.50. The van der Waals surface area contributed by atoms with E-state index in [0.29, 0.717) is 19.5 Å². The predicted octanol–water partition coefficient (Wildman–Crippen LogP) is 0.0349. The molecule has 1 aliphatic rings. The van der Waals surface area contributed by atoms with Gasteiger partial charge >= 0.3 is 0 Å². The van der Waals surface area contributed by atoms with Gasteiger partial charge in [-0.15, -0.1) is 0 Å². The Hall–Kier alpha value is -0.170. The molecule has 1 N–H and O–H groups in total. The van der Waals surface area contributed by atoms with E-state index in [1.807, 2.05) is 20.9 Å². The summed E-state index contributed by atoms with van der Waals surface area (Å²) < 4.78 is 31.1. The van der Waals surface area contributed by atoms with Crippen molar-refractivity contribution in [1.29, 1.82) is 0 Å². The quantitative estimate of drug-likeness (QED) is 0.700. The van der Waals surface area contributed by atoms with E-state index in [-0.39, 0.29) is 18.0 Å². The van der Waals surface area contributed by atoms with Crippen LogP contribution in [0.3, 0.4) is 0 Å². The van der Waals surface area contributed by atoms with E-state index in [9.17, 15) is 8.42 Å². The molecule has 0 radical (unpaired) electrons. The second-order valence-electron chi connectivity index (χ2n) is 4.35. The molecule has 0 saturated carbocycles. The first-order valence-corrected chi connectivity index (χ1v) is 7.34. The standard InChI is InChI=1S/C10H22N2O3S/c1-9-7-12(8-10(2)15-9)16(13,14)6-4-5-11-3/h9-11H,4-8H2,1-3H3/t9-,10+. The molecular weight excluding hydrogens is 228 g/mol. The van der Waals surface area contributed by atoms with Crippen molar-refractivity contribution in [2.45, 2.75) is 32.5 Å². The smallest absolute Gasteiger partial charge is 0.214 e. The van der Waals surface area contributed by atoms with Gasteiger partial charge < -0.3 is 10.1 Å². The molecular formula is C10H22N2O3S. The zero-order valence-corrected chi connectivity index (χ0v) is 11.1. The summed E-state index contributed by atoms with van der Waals surface area (Å²) in [4.78, 5) is 0. The van der Waals surface area contributed by atoms with Gasteiger partial charge in [0.05, 0.1) is 18.0 Å². The van der Waals surface area contributed by atoms with E-state index in [0.717, 1.165) is 6.54 Å². The summed E-state index contributed by atoms with van der Waals surface area (Å²) in [5.74, 6) is 0.216. The van der Waals surface area contributed by atoms with Crippen LogP contribution in [-0.2, 0) is 14.8 Å². The number of rotatable bonds is 5. The Labute approximate surface area is 98.2 Å². The van der Waals surface area contributed by atoms with Crippen LogP contribution in [0.25, 0.3) is 0 Å². The van der Waals surface area contributed by atoms with E-state index in [1.165, 1.54) is 0 Å². The zero-order valence-electron chi connectivity index (χ0n) is 10.3. The zero-order chi connectivity index (χ0) is 12.2. The highest BCUT2D eigenvalue weighted by Crippen LogP contribution is 2.15. The Morgan fingerprint density at radius 3 is 2.38 bits per heavy atom. The van der Waals surface area contributed by atoms with Crippen LogP contribution in [0.5, 0.6) is 0 Å². The van der Waals surface area contributed by atoms with Gasteiger partial charge in [-0.3, -0.25) is 0 Å². The first-order chi connectivity index (χ1) is 7.45. The average Bonchev–Trinajstić information content (AvgIpc) is 2.16. The molecule has 6 heteroatoms. The fourth-order valence-corrected chi connectivity index (χ4v) is 3.56. The predicted molar refractivity (Wildman–Crippen MR) is 63.9 cm³/mol. The molecule has 2 atom stereocenters. The van der Waals surface area contributed by atoms with E-state index in [4.69, 9.17) is 4.74 Å². The first kappa shape index (κ1) is 13.9. The first-order valence-electron chi connectivity index (χ1n) is 5.73. The highest BCUT2D eigenvalue weighted by Gasteiger charge is 2.30.